The normalized spacial score (nSPS) is 10.2. The highest BCUT2D eigenvalue weighted by Gasteiger charge is 2.06. The van der Waals surface area contributed by atoms with Crippen LogP contribution in [0.2, 0.25) is 0 Å². The fourth-order valence-corrected chi connectivity index (χ4v) is 2.59. The maximum absolute atomic E-state index is 11.8. The number of thioether (sulfide) groups is 1. The molecule has 0 saturated carbocycles. The van der Waals surface area contributed by atoms with Crippen molar-refractivity contribution >= 4 is 29.2 Å². The van der Waals surface area contributed by atoms with Crippen LogP contribution in [0.25, 0.3) is 0 Å². The van der Waals surface area contributed by atoms with Gasteiger partial charge in [0, 0.05) is 22.8 Å². The number of amides is 1. The van der Waals surface area contributed by atoms with Crippen LogP contribution in [0.3, 0.4) is 0 Å². The third-order valence-corrected chi connectivity index (χ3v) is 4.18. The molecule has 5 heteroatoms. The molecule has 1 N–H and O–H groups in total. The van der Waals surface area contributed by atoms with Crippen molar-refractivity contribution in [3.63, 3.8) is 0 Å². The van der Waals surface area contributed by atoms with Crippen LogP contribution >= 0.6 is 11.8 Å². The lowest BCUT2D eigenvalue weighted by Crippen LogP contribution is -2.28. The van der Waals surface area contributed by atoms with Crippen LogP contribution in [-0.4, -0.2) is 32.0 Å². The van der Waals surface area contributed by atoms with Crippen molar-refractivity contribution in [2.75, 3.05) is 36.2 Å². The highest BCUT2D eigenvalue weighted by atomic mass is 32.2. The summed E-state index contributed by atoms with van der Waals surface area (Å²) >= 11 is 1.66. The quantitative estimate of drug-likeness (QED) is 0.760. The van der Waals surface area contributed by atoms with Gasteiger partial charge < -0.3 is 9.64 Å². The number of likely N-dealkylation sites (N-methyl/N-ethyl adjacent to an activating group) is 1. The maximum Gasteiger partial charge on any atom is 0.411 e. The van der Waals surface area contributed by atoms with Gasteiger partial charge in [0.1, 0.15) is 6.61 Å². The molecular weight excluding hydrogens is 308 g/mol. The van der Waals surface area contributed by atoms with Gasteiger partial charge in [0.05, 0.1) is 6.54 Å². The summed E-state index contributed by atoms with van der Waals surface area (Å²) in [5, 5.41) is 2.74. The molecule has 0 aromatic heterocycles. The van der Waals surface area contributed by atoms with E-state index < -0.39 is 6.09 Å². The standard InChI is InChI=1S/C18H22N2O2S/c1-3-20(16-7-5-4-6-8-16)13-14-22-18(21)19-15-9-11-17(23-2)12-10-15/h4-12H,3,13-14H2,1-2H3,(H,19,21). The number of carbonyl (C=O) groups is 1. The predicted molar refractivity (Wildman–Crippen MR) is 97.5 cm³/mol. The van der Waals surface area contributed by atoms with Gasteiger partial charge in [-0.15, -0.1) is 11.8 Å². The second-order valence-electron chi connectivity index (χ2n) is 4.90. The number of rotatable bonds is 7. The van der Waals surface area contributed by atoms with Gasteiger partial charge in [-0.3, -0.25) is 5.32 Å². The number of nitrogens with one attached hydrogen (secondary N) is 1. The molecule has 2 rings (SSSR count). The molecule has 4 nitrogen and oxygen atoms in total. The number of ether oxygens (including phenoxy) is 1. The van der Waals surface area contributed by atoms with Crippen molar-refractivity contribution in [3.8, 4) is 0 Å². The highest BCUT2D eigenvalue weighted by molar-refractivity contribution is 7.98. The van der Waals surface area contributed by atoms with Crippen molar-refractivity contribution in [1.82, 2.24) is 0 Å². The molecule has 1 amide bonds. The molecule has 2 aromatic rings. The summed E-state index contributed by atoms with van der Waals surface area (Å²) in [6, 6.07) is 17.8. The Bertz CT molecular complexity index is 602. The molecule has 0 aliphatic heterocycles. The Morgan fingerprint density at radius 3 is 2.43 bits per heavy atom. The molecule has 0 aliphatic carbocycles. The van der Waals surface area contributed by atoms with Crippen LogP contribution in [0, 0.1) is 0 Å². The fourth-order valence-electron chi connectivity index (χ4n) is 2.19. The zero-order valence-electron chi connectivity index (χ0n) is 13.5. The van der Waals surface area contributed by atoms with Gasteiger partial charge in [0.25, 0.3) is 0 Å². The van der Waals surface area contributed by atoms with Gasteiger partial charge in [-0.1, -0.05) is 18.2 Å². The molecule has 0 radical (unpaired) electrons. The number of hydrogen-bond donors (Lipinski definition) is 1. The van der Waals surface area contributed by atoms with Gasteiger partial charge in [-0.25, -0.2) is 4.79 Å². The summed E-state index contributed by atoms with van der Waals surface area (Å²) in [6.07, 6.45) is 1.59. The van der Waals surface area contributed by atoms with Crippen LogP contribution in [0.1, 0.15) is 6.92 Å². The number of nitrogens with zero attached hydrogens (tertiary/aromatic N) is 1. The molecule has 0 unspecified atom stereocenters. The second kappa shape index (κ2) is 9.10. The zero-order chi connectivity index (χ0) is 16.5. The maximum atomic E-state index is 11.8. The second-order valence-corrected chi connectivity index (χ2v) is 5.78. The lowest BCUT2D eigenvalue weighted by atomic mass is 10.3. The zero-order valence-corrected chi connectivity index (χ0v) is 14.3. The van der Waals surface area contributed by atoms with Crippen molar-refractivity contribution < 1.29 is 9.53 Å². The Balaban J connectivity index is 1.77. The Labute approximate surface area is 141 Å². The molecule has 0 atom stereocenters. The lowest BCUT2D eigenvalue weighted by molar-refractivity contribution is 0.164. The summed E-state index contributed by atoms with van der Waals surface area (Å²) in [6.45, 7) is 3.96. The molecule has 0 fully saturated rings. The summed E-state index contributed by atoms with van der Waals surface area (Å²) in [5.74, 6) is 0. The summed E-state index contributed by atoms with van der Waals surface area (Å²) in [5.41, 5.74) is 1.87. The molecule has 0 aliphatic rings. The summed E-state index contributed by atoms with van der Waals surface area (Å²) in [4.78, 5) is 15.1. The topological polar surface area (TPSA) is 41.6 Å². The van der Waals surface area contributed by atoms with Gasteiger partial charge in [-0.2, -0.15) is 0 Å². The lowest BCUT2D eigenvalue weighted by Gasteiger charge is -2.22. The van der Waals surface area contributed by atoms with E-state index in [0.717, 1.165) is 22.8 Å². The average molecular weight is 330 g/mol. The number of carbonyl (C=O) groups excluding carboxylic acids is 1. The predicted octanol–water partition coefficient (Wildman–Crippen LogP) is 4.48. The number of anilines is 2. The first kappa shape index (κ1) is 17.2. The minimum atomic E-state index is -0.425. The van der Waals surface area contributed by atoms with E-state index in [4.69, 9.17) is 4.74 Å². The molecule has 2 aromatic carbocycles. The molecule has 0 heterocycles. The van der Waals surface area contributed by atoms with Crippen molar-refractivity contribution in [3.05, 3.63) is 54.6 Å². The summed E-state index contributed by atoms with van der Waals surface area (Å²) < 4.78 is 5.26. The van der Waals surface area contributed by atoms with Crippen LogP contribution in [0.15, 0.2) is 59.5 Å². The van der Waals surface area contributed by atoms with Crippen LogP contribution in [0.4, 0.5) is 16.2 Å². The van der Waals surface area contributed by atoms with E-state index in [0.29, 0.717) is 13.2 Å². The van der Waals surface area contributed by atoms with Crippen LogP contribution in [-0.2, 0) is 4.74 Å². The number of hydrogen-bond acceptors (Lipinski definition) is 4. The average Bonchev–Trinajstić information content (AvgIpc) is 2.60. The molecule has 0 saturated heterocycles. The van der Waals surface area contributed by atoms with E-state index in [-0.39, 0.29) is 0 Å². The number of para-hydroxylation sites is 1. The van der Waals surface area contributed by atoms with Crippen molar-refractivity contribution in [2.45, 2.75) is 11.8 Å². The van der Waals surface area contributed by atoms with Gasteiger partial charge in [0.2, 0.25) is 0 Å². The largest absolute Gasteiger partial charge is 0.447 e. The SMILES string of the molecule is CCN(CCOC(=O)Nc1ccc(SC)cc1)c1ccccc1. The smallest absolute Gasteiger partial charge is 0.411 e. The van der Waals surface area contributed by atoms with E-state index in [2.05, 4.69) is 29.3 Å². The van der Waals surface area contributed by atoms with Crippen LogP contribution < -0.4 is 10.2 Å². The molecule has 122 valence electrons. The Hall–Kier alpha value is -2.14. The minimum Gasteiger partial charge on any atom is -0.447 e. The van der Waals surface area contributed by atoms with E-state index in [1.165, 1.54) is 0 Å². The summed E-state index contributed by atoms with van der Waals surface area (Å²) in [7, 11) is 0. The highest BCUT2D eigenvalue weighted by Crippen LogP contribution is 2.17. The monoisotopic (exact) mass is 330 g/mol. The Morgan fingerprint density at radius 1 is 1.13 bits per heavy atom. The van der Waals surface area contributed by atoms with Crippen molar-refractivity contribution in [2.24, 2.45) is 0 Å². The van der Waals surface area contributed by atoms with E-state index >= 15 is 0 Å². The molecule has 23 heavy (non-hydrogen) atoms. The first-order valence-corrected chi connectivity index (χ1v) is 8.83. The van der Waals surface area contributed by atoms with Crippen LogP contribution in [0.5, 0.6) is 0 Å². The fraction of sp³-hybridized carbons (Fsp3) is 0.278. The van der Waals surface area contributed by atoms with E-state index in [9.17, 15) is 4.79 Å². The first-order chi connectivity index (χ1) is 11.2. The first-order valence-electron chi connectivity index (χ1n) is 7.60. The van der Waals surface area contributed by atoms with Crippen molar-refractivity contribution in [1.29, 1.82) is 0 Å². The molecule has 0 spiro atoms. The Morgan fingerprint density at radius 2 is 1.83 bits per heavy atom. The molecule has 0 bridgehead atoms. The van der Waals surface area contributed by atoms with E-state index in [1.807, 2.05) is 48.7 Å². The van der Waals surface area contributed by atoms with Gasteiger partial charge in [0.15, 0.2) is 0 Å². The van der Waals surface area contributed by atoms with Gasteiger partial charge >= 0.3 is 6.09 Å². The van der Waals surface area contributed by atoms with Gasteiger partial charge in [-0.05, 0) is 49.6 Å². The third-order valence-electron chi connectivity index (χ3n) is 3.43. The minimum absolute atomic E-state index is 0.345. The van der Waals surface area contributed by atoms with E-state index in [1.54, 1.807) is 11.8 Å². The third kappa shape index (κ3) is 5.53. The molecular formula is C18H22N2O2S. The Kier molecular flexibility index (Phi) is 6.81. The number of benzene rings is 2.